The Morgan fingerprint density at radius 3 is 2.74 bits per heavy atom. The fraction of sp³-hybridized carbons (Fsp3) is 0.571. The molecule has 1 heterocycles. The molecule has 1 aromatic carbocycles. The van der Waals surface area contributed by atoms with Crippen LogP contribution in [0.5, 0.6) is 0 Å². The highest BCUT2D eigenvalue weighted by atomic mass is 32.2. The van der Waals surface area contributed by atoms with Crippen LogP contribution < -0.4 is 4.72 Å². The first kappa shape index (κ1) is 14.5. The van der Waals surface area contributed by atoms with Gasteiger partial charge in [-0.3, -0.25) is 0 Å². The summed E-state index contributed by atoms with van der Waals surface area (Å²) in [5.74, 6) is 0.629. The molecule has 0 radical (unpaired) electrons. The third-order valence-electron chi connectivity index (χ3n) is 3.56. The van der Waals surface area contributed by atoms with Crippen molar-refractivity contribution in [3.63, 3.8) is 0 Å². The van der Waals surface area contributed by atoms with Crippen molar-refractivity contribution in [1.82, 2.24) is 9.62 Å². The van der Waals surface area contributed by atoms with E-state index in [2.05, 4.69) is 33.9 Å². The molecule has 0 aliphatic carbocycles. The third kappa shape index (κ3) is 4.93. The molecule has 5 heteroatoms. The molecule has 1 saturated heterocycles. The molecule has 0 saturated carbocycles. The Morgan fingerprint density at radius 1 is 1.32 bits per heavy atom. The van der Waals surface area contributed by atoms with Gasteiger partial charge in [0.2, 0.25) is 10.0 Å². The Hall–Kier alpha value is -0.910. The maximum Gasteiger partial charge on any atom is 0.208 e. The Morgan fingerprint density at radius 2 is 2.05 bits per heavy atom. The van der Waals surface area contributed by atoms with Crippen molar-refractivity contribution in [3.05, 3.63) is 35.9 Å². The van der Waals surface area contributed by atoms with Crippen LogP contribution in [0.3, 0.4) is 0 Å². The number of nitrogens with zero attached hydrogens (tertiary/aromatic N) is 1. The van der Waals surface area contributed by atoms with E-state index in [1.54, 1.807) is 0 Å². The van der Waals surface area contributed by atoms with E-state index in [1.165, 1.54) is 18.2 Å². The van der Waals surface area contributed by atoms with Crippen molar-refractivity contribution >= 4 is 10.0 Å². The van der Waals surface area contributed by atoms with Crippen molar-refractivity contribution in [2.24, 2.45) is 0 Å². The van der Waals surface area contributed by atoms with Crippen LogP contribution in [-0.2, 0) is 10.0 Å². The summed E-state index contributed by atoms with van der Waals surface area (Å²) in [5, 5.41) is 0. The van der Waals surface area contributed by atoms with Gasteiger partial charge in [-0.15, -0.1) is 0 Å². The first-order chi connectivity index (χ1) is 9.04. The zero-order chi connectivity index (χ0) is 13.7. The Kier molecular flexibility index (Phi) is 4.96. The van der Waals surface area contributed by atoms with Crippen LogP contribution in [-0.4, -0.2) is 45.8 Å². The minimum Gasteiger partial charge on any atom is -0.303 e. The monoisotopic (exact) mass is 282 g/mol. The second-order valence-corrected chi connectivity index (χ2v) is 7.05. The number of hydrogen-bond acceptors (Lipinski definition) is 3. The van der Waals surface area contributed by atoms with Crippen molar-refractivity contribution < 1.29 is 8.42 Å². The van der Waals surface area contributed by atoms with Gasteiger partial charge >= 0.3 is 0 Å². The smallest absolute Gasteiger partial charge is 0.208 e. The fourth-order valence-corrected chi connectivity index (χ4v) is 3.11. The van der Waals surface area contributed by atoms with Crippen molar-refractivity contribution in [1.29, 1.82) is 0 Å². The molecule has 1 aliphatic rings. The van der Waals surface area contributed by atoms with E-state index in [-0.39, 0.29) is 0 Å². The Bertz CT molecular complexity index is 487. The average molecular weight is 282 g/mol. The van der Waals surface area contributed by atoms with Gasteiger partial charge in [0.15, 0.2) is 0 Å². The molecule has 4 nitrogen and oxygen atoms in total. The summed E-state index contributed by atoms with van der Waals surface area (Å²) in [6.45, 7) is 3.69. The topological polar surface area (TPSA) is 49.4 Å². The van der Waals surface area contributed by atoms with Gasteiger partial charge in [-0.25, -0.2) is 13.1 Å². The van der Waals surface area contributed by atoms with Gasteiger partial charge in [0.25, 0.3) is 0 Å². The Labute approximate surface area is 115 Å². The molecule has 1 atom stereocenters. The van der Waals surface area contributed by atoms with Crippen molar-refractivity contribution in [2.75, 3.05) is 32.4 Å². The van der Waals surface area contributed by atoms with E-state index in [9.17, 15) is 8.42 Å². The molecule has 1 aromatic rings. The van der Waals surface area contributed by atoms with Gasteiger partial charge in [0.05, 0.1) is 6.26 Å². The molecule has 0 amide bonds. The zero-order valence-corrected chi connectivity index (χ0v) is 12.2. The first-order valence-corrected chi connectivity index (χ1v) is 8.66. The summed E-state index contributed by atoms with van der Waals surface area (Å²) in [6.07, 6.45) is 3.27. The number of nitrogens with one attached hydrogen (secondary N) is 1. The van der Waals surface area contributed by atoms with Crippen LogP contribution in [0.15, 0.2) is 30.3 Å². The van der Waals surface area contributed by atoms with E-state index in [1.807, 2.05) is 6.07 Å². The minimum atomic E-state index is -3.04. The molecule has 0 unspecified atom stereocenters. The predicted molar refractivity (Wildman–Crippen MR) is 77.7 cm³/mol. The maximum absolute atomic E-state index is 10.9. The average Bonchev–Trinajstić information content (AvgIpc) is 2.83. The van der Waals surface area contributed by atoms with Crippen LogP contribution in [0.25, 0.3) is 0 Å². The zero-order valence-electron chi connectivity index (χ0n) is 11.4. The molecule has 1 fully saturated rings. The van der Waals surface area contributed by atoms with Gasteiger partial charge in [0, 0.05) is 13.1 Å². The van der Waals surface area contributed by atoms with Gasteiger partial charge in [-0.05, 0) is 37.4 Å². The van der Waals surface area contributed by atoms with Gasteiger partial charge in [0.1, 0.15) is 0 Å². The summed E-state index contributed by atoms with van der Waals surface area (Å²) < 4.78 is 24.4. The maximum atomic E-state index is 10.9. The molecule has 2 rings (SSSR count). The van der Waals surface area contributed by atoms with Crippen LogP contribution >= 0.6 is 0 Å². The summed E-state index contributed by atoms with van der Waals surface area (Å²) in [7, 11) is -3.04. The number of benzene rings is 1. The number of sulfonamides is 1. The first-order valence-electron chi connectivity index (χ1n) is 6.76. The highest BCUT2D eigenvalue weighted by Gasteiger charge is 2.22. The summed E-state index contributed by atoms with van der Waals surface area (Å²) in [6, 6.07) is 10.6. The van der Waals surface area contributed by atoms with Crippen LogP contribution in [0.2, 0.25) is 0 Å². The molecule has 106 valence electrons. The van der Waals surface area contributed by atoms with E-state index in [0.717, 1.165) is 26.1 Å². The van der Waals surface area contributed by atoms with Crippen LogP contribution in [0, 0.1) is 0 Å². The number of likely N-dealkylation sites (tertiary alicyclic amines) is 1. The molecular weight excluding hydrogens is 260 g/mol. The Balaban J connectivity index is 1.71. The molecule has 0 spiro atoms. The highest BCUT2D eigenvalue weighted by molar-refractivity contribution is 7.88. The van der Waals surface area contributed by atoms with Gasteiger partial charge < -0.3 is 4.90 Å². The lowest BCUT2D eigenvalue weighted by Crippen LogP contribution is -2.28. The van der Waals surface area contributed by atoms with Gasteiger partial charge in [-0.2, -0.15) is 0 Å². The molecule has 19 heavy (non-hydrogen) atoms. The number of rotatable bonds is 6. The molecule has 1 N–H and O–H groups in total. The van der Waals surface area contributed by atoms with E-state index in [0.29, 0.717) is 12.5 Å². The second kappa shape index (κ2) is 6.50. The quantitative estimate of drug-likeness (QED) is 0.803. The van der Waals surface area contributed by atoms with Crippen molar-refractivity contribution in [3.8, 4) is 0 Å². The molecule has 1 aliphatic heterocycles. The fourth-order valence-electron chi connectivity index (χ4n) is 2.59. The molecular formula is C14H22N2O2S. The van der Waals surface area contributed by atoms with Crippen molar-refractivity contribution in [2.45, 2.75) is 18.8 Å². The normalized spacial score (nSPS) is 20.8. The van der Waals surface area contributed by atoms with E-state index in [4.69, 9.17) is 0 Å². The standard InChI is InChI=1S/C14H22N2O2S/c1-19(17,18)15-9-5-10-16-11-8-14(12-16)13-6-3-2-4-7-13/h2-4,6-7,14-15H,5,8-12H2,1H3/t14-/m1/s1. The molecule has 0 bridgehead atoms. The largest absolute Gasteiger partial charge is 0.303 e. The molecule has 0 aromatic heterocycles. The highest BCUT2D eigenvalue weighted by Crippen LogP contribution is 2.26. The van der Waals surface area contributed by atoms with E-state index < -0.39 is 10.0 Å². The van der Waals surface area contributed by atoms with Gasteiger partial charge in [-0.1, -0.05) is 30.3 Å². The second-order valence-electron chi connectivity index (χ2n) is 5.22. The van der Waals surface area contributed by atoms with E-state index >= 15 is 0 Å². The van der Waals surface area contributed by atoms with Crippen LogP contribution in [0.1, 0.15) is 24.3 Å². The lowest BCUT2D eigenvalue weighted by molar-refractivity contribution is 0.330. The summed E-state index contributed by atoms with van der Waals surface area (Å²) in [5.41, 5.74) is 1.42. The minimum absolute atomic E-state index is 0.533. The third-order valence-corrected chi connectivity index (χ3v) is 4.29. The SMILES string of the molecule is CS(=O)(=O)NCCCN1CC[C@@H](c2ccccc2)C1. The van der Waals surface area contributed by atoms with Crippen LogP contribution in [0.4, 0.5) is 0 Å². The predicted octanol–water partition coefficient (Wildman–Crippen LogP) is 1.42. The lowest BCUT2D eigenvalue weighted by Gasteiger charge is -2.16. The summed E-state index contributed by atoms with van der Waals surface area (Å²) >= 11 is 0. The number of hydrogen-bond donors (Lipinski definition) is 1. The summed E-state index contributed by atoms with van der Waals surface area (Å²) in [4.78, 5) is 2.42. The lowest BCUT2D eigenvalue weighted by atomic mass is 9.99.